The predicted octanol–water partition coefficient (Wildman–Crippen LogP) is 4.16. The summed E-state index contributed by atoms with van der Waals surface area (Å²) < 4.78 is 2.76. The summed E-state index contributed by atoms with van der Waals surface area (Å²) >= 11 is 1.87. The quantitative estimate of drug-likeness (QED) is 0.507. The van der Waals surface area contributed by atoms with Gasteiger partial charge in [-0.25, -0.2) is 0 Å². The van der Waals surface area contributed by atoms with Gasteiger partial charge >= 0.3 is 0 Å². The molecular formula is C13H9S. The summed E-state index contributed by atoms with van der Waals surface area (Å²) in [6.45, 7) is 2.15. The summed E-state index contributed by atoms with van der Waals surface area (Å²) in [5, 5.41) is 2.69. The first-order valence-corrected chi connectivity index (χ1v) is 5.46. The molecule has 2 aromatic carbocycles. The van der Waals surface area contributed by atoms with E-state index in [1.165, 1.54) is 25.7 Å². The number of hydrogen-bond donors (Lipinski definition) is 0. The maximum atomic E-state index is 3.19. The molecule has 1 aromatic heterocycles. The number of hydrogen-bond acceptors (Lipinski definition) is 1. The maximum Gasteiger partial charge on any atom is 0.0385 e. The molecule has 0 N–H and O–H groups in total. The van der Waals surface area contributed by atoms with Gasteiger partial charge in [0.25, 0.3) is 0 Å². The molecule has 3 rings (SSSR count). The van der Waals surface area contributed by atoms with Gasteiger partial charge in [0.05, 0.1) is 0 Å². The lowest BCUT2D eigenvalue weighted by atomic mass is 10.1. The molecule has 0 unspecified atom stereocenters. The first-order chi connectivity index (χ1) is 6.86. The molecule has 0 spiro atoms. The summed E-state index contributed by atoms with van der Waals surface area (Å²) in [7, 11) is 0. The van der Waals surface area contributed by atoms with Crippen LogP contribution in [0.3, 0.4) is 0 Å². The molecule has 14 heavy (non-hydrogen) atoms. The zero-order valence-corrected chi connectivity index (χ0v) is 8.69. The van der Waals surface area contributed by atoms with Crippen molar-refractivity contribution in [2.45, 2.75) is 6.92 Å². The third kappa shape index (κ3) is 0.992. The van der Waals surface area contributed by atoms with E-state index in [1.807, 2.05) is 11.3 Å². The first kappa shape index (κ1) is 8.01. The number of fused-ring (bicyclic) bond motifs is 3. The zero-order chi connectivity index (χ0) is 9.54. The molecule has 1 heteroatoms. The molecule has 0 aliphatic rings. The van der Waals surface area contributed by atoms with E-state index in [-0.39, 0.29) is 0 Å². The Hall–Kier alpha value is -1.34. The van der Waals surface area contributed by atoms with Crippen LogP contribution in [0.2, 0.25) is 0 Å². The van der Waals surface area contributed by atoms with E-state index < -0.39 is 0 Å². The highest BCUT2D eigenvalue weighted by atomic mass is 32.1. The second-order valence-electron chi connectivity index (χ2n) is 3.48. The van der Waals surface area contributed by atoms with E-state index in [0.717, 1.165) is 0 Å². The Morgan fingerprint density at radius 1 is 1.07 bits per heavy atom. The molecule has 0 bridgehead atoms. The Bertz CT molecular complexity index is 605. The molecule has 1 heterocycles. The van der Waals surface area contributed by atoms with Crippen molar-refractivity contribution in [2.24, 2.45) is 0 Å². The van der Waals surface area contributed by atoms with E-state index in [1.54, 1.807) is 0 Å². The Morgan fingerprint density at radius 3 is 2.86 bits per heavy atom. The lowest BCUT2D eigenvalue weighted by molar-refractivity contribution is 1.55. The Kier molecular flexibility index (Phi) is 1.62. The van der Waals surface area contributed by atoms with Gasteiger partial charge in [0.2, 0.25) is 0 Å². The van der Waals surface area contributed by atoms with Crippen LogP contribution in [0, 0.1) is 13.0 Å². The molecule has 3 aromatic rings. The Labute approximate surface area is 86.8 Å². The number of rotatable bonds is 0. The Balaban J connectivity index is 2.63. The molecule has 0 amide bonds. The summed E-state index contributed by atoms with van der Waals surface area (Å²) in [4.78, 5) is 0. The lowest BCUT2D eigenvalue weighted by Crippen LogP contribution is -1.70. The van der Waals surface area contributed by atoms with Gasteiger partial charge in [0, 0.05) is 20.2 Å². The van der Waals surface area contributed by atoms with Crippen LogP contribution in [0.25, 0.3) is 20.2 Å². The smallest absolute Gasteiger partial charge is 0.0385 e. The number of aryl methyl sites for hydroxylation is 1. The van der Waals surface area contributed by atoms with Crippen molar-refractivity contribution in [3.63, 3.8) is 0 Å². The van der Waals surface area contributed by atoms with Crippen LogP contribution in [0.4, 0.5) is 0 Å². The molecule has 0 aliphatic carbocycles. The molecule has 0 nitrogen and oxygen atoms in total. The third-order valence-electron chi connectivity index (χ3n) is 2.52. The van der Waals surface area contributed by atoms with Crippen LogP contribution in [-0.4, -0.2) is 0 Å². The van der Waals surface area contributed by atoms with Crippen molar-refractivity contribution >= 4 is 31.5 Å². The van der Waals surface area contributed by atoms with E-state index in [0.29, 0.717) is 0 Å². The van der Waals surface area contributed by atoms with Gasteiger partial charge in [-0.3, -0.25) is 0 Å². The normalized spacial score (nSPS) is 11.2. The molecule has 1 radical (unpaired) electrons. The average molecular weight is 197 g/mol. The molecule has 0 atom stereocenters. The van der Waals surface area contributed by atoms with Crippen LogP contribution in [0.1, 0.15) is 5.56 Å². The fourth-order valence-corrected chi connectivity index (χ4v) is 2.97. The minimum absolute atomic E-state index is 1.32. The van der Waals surface area contributed by atoms with Crippen molar-refractivity contribution in [1.29, 1.82) is 0 Å². The Morgan fingerprint density at radius 2 is 1.93 bits per heavy atom. The molecule has 0 aliphatic heterocycles. The zero-order valence-electron chi connectivity index (χ0n) is 7.87. The van der Waals surface area contributed by atoms with Crippen molar-refractivity contribution in [3.8, 4) is 0 Å². The van der Waals surface area contributed by atoms with Crippen LogP contribution < -0.4 is 0 Å². The largest absolute Gasteiger partial charge is 0.135 e. The van der Waals surface area contributed by atoms with Crippen LogP contribution in [0.5, 0.6) is 0 Å². The highest BCUT2D eigenvalue weighted by Crippen LogP contribution is 2.34. The third-order valence-corrected chi connectivity index (χ3v) is 3.84. The fourth-order valence-electron chi connectivity index (χ4n) is 1.82. The van der Waals surface area contributed by atoms with Gasteiger partial charge in [-0.2, -0.15) is 0 Å². The van der Waals surface area contributed by atoms with Gasteiger partial charge in [0.1, 0.15) is 0 Å². The van der Waals surface area contributed by atoms with Crippen LogP contribution in [-0.2, 0) is 0 Å². The summed E-state index contributed by atoms with van der Waals surface area (Å²) in [6.07, 6.45) is 0. The molecular weight excluding hydrogens is 188 g/mol. The van der Waals surface area contributed by atoms with Crippen LogP contribution in [0.15, 0.2) is 36.4 Å². The van der Waals surface area contributed by atoms with Gasteiger partial charge in [0.15, 0.2) is 0 Å². The second kappa shape index (κ2) is 2.82. The van der Waals surface area contributed by atoms with Crippen molar-refractivity contribution in [1.82, 2.24) is 0 Å². The van der Waals surface area contributed by atoms with Crippen molar-refractivity contribution in [2.75, 3.05) is 0 Å². The summed E-state index contributed by atoms with van der Waals surface area (Å²) in [5.41, 5.74) is 1.32. The SMILES string of the molecule is Cc1c[c]cc2c1sc1ccccc12. The predicted molar refractivity (Wildman–Crippen MR) is 62.9 cm³/mol. The lowest BCUT2D eigenvalue weighted by Gasteiger charge is -1.92. The van der Waals surface area contributed by atoms with Gasteiger partial charge in [-0.05, 0) is 36.8 Å². The van der Waals surface area contributed by atoms with E-state index >= 15 is 0 Å². The standard InChI is InChI=1S/C13H9S/c1-9-5-4-7-11-10-6-2-3-8-12(10)14-13(9)11/h2-3,5-8H,1H3. The van der Waals surface area contributed by atoms with Crippen LogP contribution >= 0.6 is 11.3 Å². The van der Waals surface area contributed by atoms with E-state index in [2.05, 4.69) is 49.4 Å². The first-order valence-electron chi connectivity index (χ1n) is 4.64. The average Bonchev–Trinajstić information content (AvgIpc) is 2.59. The number of thiophene rings is 1. The van der Waals surface area contributed by atoms with Crippen molar-refractivity contribution in [3.05, 3.63) is 48.0 Å². The minimum Gasteiger partial charge on any atom is -0.135 e. The fraction of sp³-hybridized carbons (Fsp3) is 0.0769. The monoisotopic (exact) mass is 197 g/mol. The maximum absolute atomic E-state index is 3.19. The van der Waals surface area contributed by atoms with Crippen molar-refractivity contribution < 1.29 is 0 Å². The van der Waals surface area contributed by atoms with Gasteiger partial charge in [-0.15, -0.1) is 11.3 Å². The topological polar surface area (TPSA) is 0 Å². The molecule has 0 saturated heterocycles. The highest BCUT2D eigenvalue weighted by molar-refractivity contribution is 7.26. The number of benzene rings is 2. The second-order valence-corrected chi connectivity index (χ2v) is 4.53. The highest BCUT2D eigenvalue weighted by Gasteiger charge is 2.04. The molecule has 67 valence electrons. The molecule has 0 fully saturated rings. The molecule has 0 saturated carbocycles. The van der Waals surface area contributed by atoms with Gasteiger partial charge < -0.3 is 0 Å². The van der Waals surface area contributed by atoms with Gasteiger partial charge in [-0.1, -0.05) is 18.2 Å². The van der Waals surface area contributed by atoms with E-state index in [4.69, 9.17) is 0 Å². The summed E-state index contributed by atoms with van der Waals surface area (Å²) in [5.74, 6) is 0. The summed E-state index contributed by atoms with van der Waals surface area (Å²) in [6, 6.07) is 15.9. The minimum atomic E-state index is 1.32. The van der Waals surface area contributed by atoms with E-state index in [9.17, 15) is 0 Å².